The molecule has 1 atom stereocenters. The highest BCUT2D eigenvalue weighted by molar-refractivity contribution is 6.35. The first-order valence-corrected chi connectivity index (χ1v) is 7.63. The van der Waals surface area contributed by atoms with E-state index >= 15 is 0 Å². The van der Waals surface area contributed by atoms with Crippen molar-refractivity contribution in [3.05, 3.63) is 57.6 Å². The molecule has 0 aliphatic heterocycles. The quantitative estimate of drug-likeness (QED) is 0.794. The molecule has 1 N–H and O–H groups in total. The van der Waals surface area contributed by atoms with E-state index in [2.05, 4.69) is 42.3 Å². The number of rotatable bonds is 4. The summed E-state index contributed by atoms with van der Waals surface area (Å²) in [4.78, 5) is 2.11. The molecule has 4 heteroatoms. The Bertz CT molecular complexity index is 639. The lowest BCUT2D eigenvalue weighted by molar-refractivity contribution is 0.884. The van der Waals surface area contributed by atoms with Gasteiger partial charge in [0.15, 0.2) is 0 Å². The van der Waals surface area contributed by atoms with E-state index in [9.17, 15) is 0 Å². The third-order valence-electron chi connectivity index (χ3n) is 3.50. The van der Waals surface area contributed by atoms with Crippen LogP contribution < -0.4 is 10.2 Å². The van der Waals surface area contributed by atoms with Gasteiger partial charge in [-0.05, 0) is 49.2 Å². The molecule has 2 aromatic carbocycles. The highest BCUT2D eigenvalue weighted by atomic mass is 35.5. The Morgan fingerprint density at radius 3 is 2.38 bits per heavy atom. The zero-order valence-electron chi connectivity index (χ0n) is 12.7. The number of nitrogens with zero attached hydrogens (tertiary/aromatic N) is 1. The number of halogens is 2. The van der Waals surface area contributed by atoms with Gasteiger partial charge in [0.2, 0.25) is 0 Å². The molecule has 0 fully saturated rings. The van der Waals surface area contributed by atoms with Gasteiger partial charge in [-0.3, -0.25) is 0 Å². The van der Waals surface area contributed by atoms with Crippen molar-refractivity contribution in [2.24, 2.45) is 0 Å². The molecule has 112 valence electrons. The van der Waals surface area contributed by atoms with Crippen molar-refractivity contribution in [1.82, 2.24) is 0 Å². The molecule has 0 radical (unpaired) electrons. The average molecular weight is 323 g/mol. The van der Waals surface area contributed by atoms with E-state index in [1.807, 2.05) is 26.2 Å². The van der Waals surface area contributed by atoms with Gasteiger partial charge in [-0.25, -0.2) is 0 Å². The second kappa shape index (κ2) is 6.59. The van der Waals surface area contributed by atoms with E-state index in [-0.39, 0.29) is 6.04 Å². The first-order valence-electron chi connectivity index (χ1n) is 6.88. The third-order valence-corrected chi connectivity index (χ3v) is 4.07. The predicted octanol–water partition coefficient (Wildman–Crippen LogP) is 5.54. The molecule has 2 rings (SSSR count). The summed E-state index contributed by atoms with van der Waals surface area (Å²) in [7, 11) is 4.09. The van der Waals surface area contributed by atoms with Crippen molar-refractivity contribution in [3.63, 3.8) is 0 Å². The molecule has 2 nitrogen and oxygen atoms in total. The summed E-state index contributed by atoms with van der Waals surface area (Å²) in [5, 5.41) is 4.82. The van der Waals surface area contributed by atoms with Crippen LogP contribution in [0.1, 0.15) is 24.1 Å². The largest absolute Gasteiger partial charge is 0.378 e. The van der Waals surface area contributed by atoms with Crippen molar-refractivity contribution in [3.8, 4) is 0 Å². The van der Waals surface area contributed by atoms with E-state index in [0.29, 0.717) is 10.0 Å². The molecule has 0 heterocycles. The van der Waals surface area contributed by atoms with Gasteiger partial charge >= 0.3 is 0 Å². The van der Waals surface area contributed by atoms with Crippen LogP contribution in [0.3, 0.4) is 0 Å². The Morgan fingerprint density at radius 2 is 1.76 bits per heavy atom. The van der Waals surface area contributed by atoms with E-state index in [1.54, 1.807) is 6.07 Å². The number of hydrogen-bond donors (Lipinski definition) is 1. The fraction of sp³-hybridized carbons (Fsp3) is 0.294. The number of anilines is 2. The maximum atomic E-state index is 6.26. The van der Waals surface area contributed by atoms with Gasteiger partial charge in [0.05, 0.1) is 0 Å². The molecule has 0 aliphatic carbocycles. The van der Waals surface area contributed by atoms with Crippen LogP contribution in [0.25, 0.3) is 0 Å². The Morgan fingerprint density at radius 1 is 1.05 bits per heavy atom. The van der Waals surface area contributed by atoms with Gasteiger partial charge < -0.3 is 10.2 Å². The third kappa shape index (κ3) is 3.84. The first-order chi connectivity index (χ1) is 9.88. The maximum Gasteiger partial charge on any atom is 0.0500 e. The van der Waals surface area contributed by atoms with Gasteiger partial charge in [-0.15, -0.1) is 0 Å². The van der Waals surface area contributed by atoms with E-state index in [0.717, 1.165) is 11.3 Å². The second-order valence-electron chi connectivity index (χ2n) is 5.43. The minimum absolute atomic E-state index is 0.104. The standard InChI is InChI=1S/C17H20Cl2N2/c1-11-5-7-14(10-17(11)21(3)4)20-12(2)15-8-6-13(18)9-16(15)19/h5-10,12,20H,1-4H3. The van der Waals surface area contributed by atoms with Gasteiger partial charge in [0.25, 0.3) is 0 Å². The lowest BCUT2D eigenvalue weighted by Crippen LogP contribution is -2.12. The number of hydrogen-bond acceptors (Lipinski definition) is 2. The predicted molar refractivity (Wildman–Crippen MR) is 94.0 cm³/mol. The van der Waals surface area contributed by atoms with Gasteiger partial charge in [0, 0.05) is 41.6 Å². The Kier molecular flexibility index (Phi) is 5.02. The monoisotopic (exact) mass is 322 g/mol. The van der Waals surface area contributed by atoms with Crippen molar-refractivity contribution < 1.29 is 0 Å². The van der Waals surface area contributed by atoms with Gasteiger partial charge in [-0.2, -0.15) is 0 Å². The Hall–Kier alpha value is -1.38. The molecule has 0 aliphatic rings. The molecule has 0 spiro atoms. The second-order valence-corrected chi connectivity index (χ2v) is 6.27. The highest BCUT2D eigenvalue weighted by Gasteiger charge is 2.11. The molecule has 0 aromatic heterocycles. The fourth-order valence-electron chi connectivity index (χ4n) is 2.36. The van der Waals surface area contributed by atoms with Crippen LogP contribution in [0.2, 0.25) is 10.0 Å². The van der Waals surface area contributed by atoms with Crippen LogP contribution in [0.5, 0.6) is 0 Å². The topological polar surface area (TPSA) is 15.3 Å². The zero-order valence-corrected chi connectivity index (χ0v) is 14.3. The normalized spacial score (nSPS) is 12.1. The molecule has 2 aromatic rings. The fourth-order valence-corrected chi connectivity index (χ4v) is 2.93. The van der Waals surface area contributed by atoms with Crippen LogP contribution in [0, 0.1) is 6.92 Å². The molecule has 21 heavy (non-hydrogen) atoms. The number of nitrogens with one attached hydrogen (secondary N) is 1. The zero-order chi connectivity index (χ0) is 15.6. The molecular weight excluding hydrogens is 303 g/mol. The summed E-state index contributed by atoms with van der Waals surface area (Å²) < 4.78 is 0. The van der Waals surface area contributed by atoms with E-state index < -0.39 is 0 Å². The van der Waals surface area contributed by atoms with Crippen LogP contribution in [0.15, 0.2) is 36.4 Å². The Labute approximate surface area is 136 Å². The summed E-state index contributed by atoms with van der Waals surface area (Å²) in [6.07, 6.45) is 0. The Balaban J connectivity index is 2.23. The average Bonchev–Trinajstić information content (AvgIpc) is 2.40. The molecule has 1 unspecified atom stereocenters. The summed E-state index contributed by atoms with van der Waals surface area (Å²) in [5.41, 5.74) is 4.56. The van der Waals surface area contributed by atoms with Crippen LogP contribution >= 0.6 is 23.2 Å². The highest BCUT2D eigenvalue weighted by Crippen LogP contribution is 2.30. The van der Waals surface area contributed by atoms with Crippen molar-refractivity contribution in [1.29, 1.82) is 0 Å². The van der Waals surface area contributed by atoms with Crippen LogP contribution in [0.4, 0.5) is 11.4 Å². The summed E-state index contributed by atoms with van der Waals surface area (Å²) in [6.45, 7) is 4.20. The smallest absolute Gasteiger partial charge is 0.0500 e. The molecule has 0 bridgehead atoms. The molecule has 0 amide bonds. The number of benzene rings is 2. The van der Waals surface area contributed by atoms with Gasteiger partial charge in [0.1, 0.15) is 0 Å². The van der Waals surface area contributed by atoms with Crippen LogP contribution in [-0.2, 0) is 0 Å². The molecule has 0 saturated heterocycles. The lowest BCUT2D eigenvalue weighted by Gasteiger charge is -2.21. The molecular formula is C17H20Cl2N2. The van der Waals surface area contributed by atoms with Crippen molar-refractivity contribution >= 4 is 34.6 Å². The van der Waals surface area contributed by atoms with E-state index in [4.69, 9.17) is 23.2 Å². The molecule has 0 saturated carbocycles. The van der Waals surface area contributed by atoms with Crippen molar-refractivity contribution in [2.75, 3.05) is 24.3 Å². The van der Waals surface area contributed by atoms with Crippen molar-refractivity contribution in [2.45, 2.75) is 19.9 Å². The summed E-state index contributed by atoms with van der Waals surface area (Å²) in [6, 6.07) is 12.1. The maximum absolute atomic E-state index is 6.26. The summed E-state index contributed by atoms with van der Waals surface area (Å²) >= 11 is 12.2. The van der Waals surface area contributed by atoms with Crippen LogP contribution in [-0.4, -0.2) is 14.1 Å². The number of aryl methyl sites for hydroxylation is 1. The first kappa shape index (κ1) is 16.0. The van der Waals surface area contributed by atoms with Gasteiger partial charge in [-0.1, -0.05) is 35.3 Å². The van der Waals surface area contributed by atoms with E-state index in [1.165, 1.54) is 11.3 Å². The lowest BCUT2D eigenvalue weighted by atomic mass is 10.1. The SMILES string of the molecule is Cc1ccc(NC(C)c2ccc(Cl)cc2Cl)cc1N(C)C. The minimum atomic E-state index is 0.104. The summed E-state index contributed by atoms with van der Waals surface area (Å²) in [5.74, 6) is 0. The minimum Gasteiger partial charge on any atom is -0.378 e.